The van der Waals surface area contributed by atoms with Crippen LogP contribution in [0.4, 0.5) is 19.1 Å². The van der Waals surface area contributed by atoms with Gasteiger partial charge < -0.3 is 0 Å². The number of alkyl halides is 3. The first kappa shape index (κ1) is 17.1. The van der Waals surface area contributed by atoms with E-state index in [0.29, 0.717) is 0 Å². The fourth-order valence-electron chi connectivity index (χ4n) is 1.85. The maximum absolute atomic E-state index is 12.3. The number of sulfonamides is 1. The number of benzene rings is 1. The molecular weight excluding hydrogens is 337 g/mol. The van der Waals surface area contributed by atoms with E-state index in [0.717, 1.165) is 33.5 Å². The van der Waals surface area contributed by atoms with Crippen LogP contribution in [-0.4, -0.2) is 28.9 Å². The van der Waals surface area contributed by atoms with Gasteiger partial charge in [-0.1, -0.05) is 12.1 Å². The SMILES string of the molecule is Cn1nc(NS(=O)(=O)c2ccc(CC(F)(F)F)cc2)n(C)c1=O. The summed E-state index contributed by atoms with van der Waals surface area (Å²) in [5.74, 6) is -0.197. The van der Waals surface area contributed by atoms with Crippen molar-refractivity contribution in [2.45, 2.75) is 17.5 Å². The Labute approximate surface area is 129 Å². The molecule has 0 amide bonds. The van der Waals surface area contributed by atoms with E-state index < -0.39 is 28.3 Å². The fourth-order valence-corrected chi connectivity index (χ4v) is 2.88. The van der Waals surface area contributed by atoms with Gasteiger partial charge in [0.25, 0.3) is 10.0 Å². The minimum absolute atomic E-state index is 0.0540. The van der Waals surface area contributed by atoms with Crippen LogP contribution in [0.15, 0.2) is 34.0 Å². The van der Waals surface area contributed by atoms with Gasteiger partial charge in [-0.3, -0.25) is 4.57 Å². The molecule has 0 radical (unpaired) electrons. The lowest BCUT2D eigenvalue weighted by Gasteiger charge is -2.09. The van der Waals surface area contributed by atoms with Crippen molar-refractivity contribution in [1.29, 1.82) is 0 Å². The Morgan fingerprint density at radius 2 is 1.74 bits per heavy atom. The van der Waals surface area contributed by atoms with Gasteiger partial charge in [-0.05, 0) is 17.7 Å². The molecule has 11 heteroatoms. The van der Waals surface area contributed by atoms with Gasteiger partial charge in [0.05, 0.1) is 11.3 Å². The number of rotatable bonds is 4. The van der Waals surface area contributed by atoms with Crippen LogP contribution in [0, 0.1) is 0 Å². The van der Waals surface area contributed by atoms with Gasteiger partial charge in [0.1, 0.15) is 0 Å². The molecule has 23 heavy (non-hydrogen) atoms. The highest BCUT2D eigenvalue weighted by Crippen LogP contribution is 2.22. The van der Waals surface area contributed by atoms with Crippen molar-refractivity contribution in [3.05, 3.63) is 40.3 Å². The third-order valence-electron chi connectivity index (χ3n) is 2.99. The van der Waals surface area contributed by atoms with E-state index in [4.69, 9.17) is 0 Å². The predicted molar refractivity (Wildman–Crippen MR) is 75.5 cm³/mol. The van der Waals surface area contributed by atoms with Gasteiger partial charge >= 0.3 is 11.9 Å². The van der Waals surface area contributed by atoms with Crippen LogP contribution in [0.25, 0.3) is 0 Å². The number of aromatic nitrogens is 3. The molecule has 0 bridgehead atoms. The van der Waals surface area contributed by atoms with E-state index in [1.807, 2.05) is 0 Å². The van der Waals surface area contributed by atoms with E-state index in [2.05, 4.69) is 9.82 Å². The molecule has 126 valence electrons. The van der Waals surface area contributed by atoms with Gasteiger partial charge in [-0.2, -0.15) is 13.2 Å². The Hall–Kier alpha value is -2.30. The van der Waals surface area contributed by atoms with Crippen LogP contribution in [0.1, 0.15) is 5.56 Å². The van der Waals surface area contributed by atoms with Gasteiger partial charge in [0.15, 0.2) is 0 Å². The average Bonchev–Trinajstić information content (AvgIpc) is 2.64. The summed E-state index contributed by atoms with van der Waals surface area (Å²) >= 11 is 0. The third-order valence-corrected chi connectivity index (χ3v) is 4.33. The van der Waals surface area contributed by atoms with Crippen LogP contribution < -0.4 is 10.4 Å². The molecule has 2 rings (SSSR count). The molecule has 1 heterocycles. The average molecular weight is 350 g/mol. The standard InChI is InChI=1S/C12H13F3N4O3S/c1-18-10(16-19(2)11(18)20)17-23(21,22)9-5-3-8(4-6-9)7-12(13,14)15/h3-6H,7H2,1-2H3,(H,16,17). The van der Waals surface area contributed by atoms with Crippen molar-refractivity contribution in [2.24, 2.45) is 14.1 Å². The molecule has 1 N–H and O–H groups in total. The smallest absolute Gasteiger partial charge is 0.264 e. The van der Waals surface area contributed by atoms with E-state index in [-0.39, 0.29) is 16.4 Å². The molecule has 0 unspecified atom stereocenters. The molecule has 0 aliphatic carbocycles. The summed E-state index contributed by atoms with van der Waals surface area (Å²) in [7, 11) is -1.38. The lowest BCUT2D eigenvalue weighted by atomic mass is 10.1. The molecule has 0 aliphatic rings. The normalized spacial score (nSPS) is 12.4. The molecule has 2 aromatic rings. The summed E-state index contributed by atoms with van der Waals surface area (Å²) in [4.78, 5) is 11.3. The van der Waals surface area contributed by atoms with E-state index in [9.17, 15) is 26.4 Å². The Morgan fingerprint density at radius 3 is 2.17 bits per heavy atom. The Kier molecular flexibility index (Phi) is 4.24. The summed E-state index contributed by atoms with van der Waals surface area (Å²) in [6, 6.07) is 4.29. The minimum Gasteiger partial charge on any atom is -0.264 e. The van der Waals surface area contributed by atoms with Crippen molar-refractivity contribution >= 4 is 16.0 Å². The van der Waals surface area contributed by atoms with E-state index in [1.165, 1.54) is 14.1 Å². The van der Waals surface area contributed by atoms with Gasteiger partial charge in [0, 0.05) is 14.1 Å². The highest BCUT2D eigenvalue weighted by Gasteiger charge is 2.27. The summed E-state index contributed by atoms with van der Waals surface area (Å²) in [5.41, 5.74) is -0.579. The molecule has 1 aromatic carbocycles. The van der Waals surface area contributed by atoms with Crippen molar-refractivity contribution in [1.82, 2.24) is 14.3 Å². The van der Waals surface area contributed by atoms with E-state index >= 15 is 0 Å². The molecular formula is C12H13F3N4O3S. The van der Waals surface area contributed by atoms with Crippen LogP contribution in [0.5, 0.6) is 0 Å². The summed E-state index contributed by atoms with van der Waals surface area (Å²) in [6.07, 6.45) is -5.51. The first-order valence-electron chi connectivity index (χ1n) is 6.28. The second kappa shape index (κ2) is 5.72. The highest BCUT2D eigenvalue weighted by atomic mass is 32.2. The monoisotopic (exact) mass is 350 g/mol. The zero-order chi connectivity index (χ0) is 17.4. The molecule has 0 spiro atoms. The second-order valence-electron chi connectivity index (χ2n) is 4.83. The number of hydrogen-bond donors (Lipinski definition) is 1. The number of nitrogens with zero attached hydrogens (tertiary/aromatic N) is 3. The highest BCUT2D eigenvalue weighted by molar-refractivity contribution is 7.92. The van der Waals surface area contributed by atoms with Crippen molar-refractivity contribution in [3.8, 4) is 0 Å². The molecule has 0 atom stereocenters. The van der Waals surface area contributed by atoms with Crippen molar-refractivity contribution < 1.29 is 21.6 Å². The zero-order valence-corrected chi connectivity index (χ0v) is 12.9. The van der Waals surface area contributed by atoms with Crippen LogP contribution in [-0.2, 0) is 30.5 Å². The number of anilines is 1. The Morgan fingerprint density at radius 1 is 1.17 bits per heavy atom. The zero-order valence-electron chi connectivity index (χ0n) is 12.1. The molecule has 0 saturated heterocycles. The molecule has 1 aromatic heterocycles. The molecule has 0 fully saturated rings. The Balaban J connectivity index is 2.26. The maximum atomic E-state index is 12.3. The fraction of sp³-hybridized carbons (Fsp3) is 0.333. The van der Waals surface area contributed by atoms with Gasteiger partial charge in [-0.25, -0.2) is 22.6 Å². The third kappa shape index (κ3) is 3.92. The van der Waals surface area contributed by atoms with Gasteiger partial charge in [0.2, 0.25) is 5.95 Å². The Bertz CT molecular complexity index is 866. The number of halogens is 3. The first-order chi connectivity index (χ1) is 10.5. The largest absolute Gasteiger partial charge is 0.393 e. The maximum Gasteiger partial charge on any atom is 0.393 e. The summed E-state index contributed by atoms with van der Waals surface area (Å²) in [6.45, 7) is 0. The second-order valence-corrected chi connectivity index (χ2v) is 6.51. The van der Waals surface area contributed by atoms with Crippen LogP contribution in [0.2, 0.25) is 0 Å². The lowest BCUT2D eigenvalue weighted by Crippen LogP contribution is -2.22. The van der Waals surface area contributed by atoms with Crippen molar-refractivity contribution in [3.63, 3.8) is 0 Å². The minimum atomic E-state index is -4.37. The summed E-state index contributed by atoms with van der Waals surface area (Å²) < 4.78 is 65.2. The quantitative estimate of drug-likeness (QED) is 0.892. The van der Waals surface area contributed by atoms with Crippen LogP contribution in [0.3, 0.4) is 0 Å². The number of hydrogen-bond acceptors (Lipinski definition) is 4. The van der Waals surface area contributed by atoms with Crippen LogP contribution >= 0.6 is 0 Å². The topological polar surface area (TPSA) is 86.0 Å². The lowest BCUT2D eigenvalue weighted by molar-refractivity contribution is -0.127. The number of nitrogens with one attached hydrogen (secondary N) is 1. The van der Waals surface area contributed by atoms with Gasteiger partial charge in [-0.15, -0.1) is 5.10 Å². The van der Waals surface area contributed by atoms with E-state index in [1.54, 1.807) is 0 Å². The molecule has 0 saturated carbocycles. The molecule has 0 aliphatic heterocycles. The summed E-state index contributed by atoms with van der Waals surface area (Å²) in [5, 5.41) is 3.71. The predicted octanol–water partition coefficient (Wildman–Crippen LogP) is 1.02. The van der Waals surface area contributed by atoms with Crippen molar-refractivity contribution in [2.75, 3.05) is 4.72 Å². The molecule has 7 nitrogen and oxygen atoms in total. The number of aryl methyl sites for hydroxylation is 1. The first-order valence-corrected chi connectivity index (χ1v) is 7.76.